The van der Waals surface area contributed by atoms with Gasteiger partial charge in [0.05, 0.1) is 24.1 Å². The van der Waals surface area contributed by atoms with E-state index in [9.17, 15) is 22.8 Å². The van der Waals surface area contributed by atoms with Crippen LogP contribution >= 0.6 is 0 Å². The van der Waals surface area contributed by atoms with Gasteiger partial charge in [0.1, 0.15) is 6.10 Å². The molecule has 3 atom stereocenters. The Kier molecular flexibility index (Phi) is 7.48. The first-order valence-corrected chi connectivity index (χ1v) is 11.9. The van der Waals surface area contributed by atoms with Gasteiger partial charge in [0, 0.05) is 55.6 Å². The fraction of sp³-hybridized carbons (Fsp3) is 0.609. The van der Waals surface area contributed by atoms with E-state index >= 15 is 0 Å². The van der Waals surface area contributed by atoms with Crippen molar-refractivity contribution in [2.24, 2.45) is 5.92 Å². The zero-order valence-electron chi connectivity index (χ0n) is 20.4. The zero-order valence-corrected chi connectivity index (χ0v) is 20.4. The summed E-state index contributed by atoms with van der Waals surface area (Å²) in [5.74, 6) is 0.230. The molecule has 4 rings (SSSR count). The molecule has 0 aromatic carbocycles. The van der Waals surface area contributed by atoms with Crippen molar-refractivity contribution >= 4 is 17.5 Å². The van der Waals surface area contributed by atoms with Crippen LogP contribution in [0.3, 0.4) is 0 Å². The highest BCUT2D eigenvalue weighted by Crippen LogP contribution is 2.30. The number of rotatable bonds is 7. The summed E-state index contributed by atoms with van der Waals surface area (Å²) in [5, 5.41) is 9.38. The maximum Gasteiger partial charge on any atom is 0.419 e. The van der Waals surface area contributed by atoms with Gasteiger partial charge in [0.2, 0.25) is 5.95 Å². The van der Waals surface area contributed by atoms with Gasteiger partial charge in [-0.25, -0.2) is 15.1 Å². The SMILES string of the molecule is Cc1c(N[C@@H](C)CO[C@H]2C(=O)N(C3CCN(c4ncc(C(F)(F)F)cn4)CC3)C[C@@H]2C)cn[nH]c1=O. The molecule has 0 unspecified atom stereocenters. The van der Waals surface area contributed by atoms with Gasteiger partial charge in [-0.1, -0.05) is 6.92 Å². The van der Waals surface area contributed by atoms with Crippen LogP contribution in [0.2, 0.25) is 0 Å². The van der Waals surface area contributed by atoms with Crippen LogP contribution in [-0.4, -0.2) is 75.4 Å². The highest BCUT2D eigenvalue weighted by atomic mass is 19.4. The van der Waals surface area contributed by atoms with Gasteiger partial charge in [-0.2, -0.15) is 18.3 Å². The molecular weight excluding hydrogens is 479 g/mol. The number of H-pyrrole nitrogens is 1. The number of hydrogen-bond acceptors (Lipinski definition) is 8. The molecule has 4 heterocycles. The van der Waals surface area contributed by atoms with Crippen LogP contribution in [0.15, 0.2) is 23.4 Å². The second-order valence-corrected chi connectivity index (χ2v) is 9.49. The Balaban J connectivity index is 1.28. The van der Waals surface area contributed by atoms with Crippen molar-refractivity contribution in [3.8, 4) is 0 Å². The van der Waals surface area contributed by atoms with Crippen molar-refractivity contribution in [2.45, 2.75) is 58.0 Å². The molecule has 0 saturated carbocycles. The first-order valence-electron chi connectivity index (χ1n) is 11.9. The number of aromatic nitrogens is 4. The van der Waals surface area contributed by atoms with Crippen molar-refractivity contribution in [1.29, 1.82) is 0 Å². The smallest absolute Gasteiger partial charge is 0.379 e. The standard InChI is InChI=1S/C23H30F3N7O3/c1-13-11-33(17-4-6-32(7-5-17)22-27-8-16(9-28-22)23(24,25)26)21(35)19(13)36-12-14(2)30-18-10-29-31-20(34)15(18)3/h8-10,13-14,17,19H,4-7,11-12H2,1-3H3,(H2,30,31,34)/t13-,14-,19+/m0/s1. The van der Waals surface area contributed by atoms with Gasteiger partial charge in [-0.15, -0.1) is 0 Å². The second-order valence-electron chi connectivity index (χ2n) is 9.49. The Morgan fingerprint density at radius 2 is 1.86 bits per heavy atom. The fourth-order valence-corrected chi connectivity index (χ4v) is 4.63. The molecule has 2 aliphatic rings. The molecule has 2 fully saturated rings. The van der Waals surface area contributed by atoms with Crippen molar-refractivity contribution in [3.63, 3.8) is 0 Å². The Labute approximate surface area is 206 Å². The molecule has 0 spiro atoms. The molecule has 2 aromatic heterocycles. The van der Waals surface area contributed by atoms with E-state index in [1.807, 2.05) is 23.6 Å². The Morgan fingerprint density at radius 1 is 1.19 bits per heavy atom. The number of anilines is 2. The van der Waals surface area contributed by atoms with E-state index in [0.717, 1.165) is 12.4 Å². The molecule has 10 nitrogen and oxygen atoms in total. The van der Waals surface area contributed by atoms with Gasteiger partial charge >= 0.3 is 6.18 Å². The average Bonchev–Trinajstić information content (AvgIpc) is 3.13. The van der Waals surface area contributed by atoms with E-state index < -0.39 is 17.8 Å². The van der Waals surface area contributed by atoms with E-state index in [4.69, 9.17) is 4.74 Å². The topological polar surface area (TPSA) is 116 Å². The molecule has 0 radical (unpaired) electrons. The number of ether oxygens (including phenoxy) is 1. The fourth-order valence-electron chi connectivity index (χ4n) is 4.63. The third-order valence-corrected chi connectivity index (χ3v) is 6.71. The lowest BCUT2D eigenvalue weighted by molar-refractivity contribution is -0.140. The number of aromatic amines is 1. The first kappa shape index (κ1) is 25.9. The third-order valence-electron chi connectivity index (χ3n) is 6.71. The number of carbonyl (C=O) groups excluding carboxylic acids is 1. The second kappa shape index (κ2) is 10.4. The lowest BCUT2D eigenvalue weighted by Gasteiger charge is -2.36. The summed E-state index contributed by atoms with van der Waals surface area (Å²) in [6.07, 6.45) is -0.548. The average molecular weight is 510 g/mol. The lowest BCUT2D eigenvalue weighted by atomic mass is 10.0. The predicted octanol–water partition coefficient (Wildman–Crippen LogP) is 2.22. The van der Waals surface area contributed by atoms with Crippen LogP contribution in [-0.2, 0) is 15.7 Å². The van der Waals surface area contributed by atoms with Gasteiger partial charge in [-0.05, 0) is 26.7 Å². The number of piperidine rings is 1. The monoisotopic (exact) mass is 509 g/mol. The van der Waals surface area contributed by atoms with E-state index in [0.29, 0.717) is 43.7 Å². The van der Waals surface area contributed by atoms with E-state index in [1.165, 1.54) is 0 Å². The summed E-state index contributed by atoms with van der Waals surface area (Å²) in [4.78, 5) is 36.3. The summed E-state index contributed by atoms with van der Waals surface area (Å²) in [5.41, 5.74) is 0.00398. The number of likely N-dealkylation sites (tertiary alicyclic amines) is 1. The quantitative estimate of drug-likeness (QED) is 0.584. The van der Waals surface area contributed by atoms with Gasteiger partial charge in [0.15, 0.2) is 0 Å². The Morgan fingerprint density at radius 3 is 2.50 bits per heavy atom. The normalized spacial score (nSPS) is 22.2. The number of carbonyl (C=O) groups is 1. The molecule has 13 heteroatoms. The molecular formula is C23H30F3N7O3. The molecule has 2 saturated heterocycles. The summed E-state index contributed by atoms with van der Waals surface area (Å²) in [6.45, 7) is 7.55. The maximum atomic E-state index is 13.1. The number of alkyl halides is 3. The number of nitrogens with one attached hydrogen (secondary N) is 2. The number of hydrogen-bond donors (Lipinski definition) is 2. The number of halogens is 3. The van der Waals surface area contributed by atoms with E-state index in [-0.39, 0.29) is 42.0 Å². The van der Waals surface area contributed by atoms with Gasteiger partial charge in [-0.3, -0.25) is 9.59 Å². The van der Waals surface area contributed by atoms with Crippen LogP contribution < -0.4 is 15.8 Å². The predicted molar refractivity (Wildman–Crippen MR) is 126 cm³/mol. The summed E-state index contributed by atoms with van der Waals surface area (Å²) in [7, 11) is 0. The van der Waals surface area contributed by atoms with E-state index in [1.54, 1.807) is 13.1 Å². The van der Waals surface area contributed by atoms with Crippen molar-refractivity contribution < 1.29 is 22.7 Å². The Hall–Kier alpha value is -3.22. The summed E-state index contributed by atoms with van der Waals surface area (Å²) < 4.78 is 44.3. The van der Waals surface area contributed by atoms with Crippen LogP contribution in [0.4, 0.5) is 24.8 Å². The van der Waals surface area contributed by atoms with Gasteiger partial charge in [0.25, 0.3) is 11.5 Å². The minimum atomic E-state index is -4.47. The lowest BCUT2D eigenvalue weighted by Crippen LogP contribution is -2.47. The molecule has 196 valence electrons. The minimum Gasteiger partial charge on any atom is -0.379 e. The number of nitrogens with zero attached hydrogens (tertiary/aromatic N) is 5. The van der Waals surface area contributed by atoms with Crippen molar-refractivity contribution in [3.05, 3.63) is 40.1 Å². The van der Waals surface area contributed by atoms with Crippen LogP contribution in [0.1, 0.15) is 37.8 Å². The minimum absolute atomic E-state index is 0.0175. The molecule has 2 N–H and O–H groups in total. The summed E-state index contributed by atoms with van der Waals surface area (Å²) in [6, 6.07) is -0.118. The zero-order chi connectivity index (χ0) is 26.0. The molecule has 36 heavy (non-hydrogen) atoms. The highest BCUT2D eigenvalue weighted by Gasteiger charge is 2.42. The van der Waals surface area contributed by atoms with Crippen LogP contribution in [0, 0.1) is 12.8 Å². The van der Waals surface area contributed by atoms with Crippen molar-refractivity contribution in [1.82, 2.24) is 25.1 Å². The van der Waals surface area contributed by atoms with Crippen LogP contribution in [0.5, 0.6) is 0 Å². The third kappa shape index (κ3) is 5.61. The molecule has 0 aliphatic carbocycles. The maximum absolute atomic E-state index is 13.1. The first-order chi connectivity index (χ1) is 17.0. The molecule has 0 bridgehead atoms. The van der Waals surface area contributed by atoms with Crippen molar-refractivity contribution in [2.75, 3.05) is 36.5 Å². The Bertz CT molecular complexity index is 1120. The molecule has 1 amide bonds. The van der Waals surface area contributed by atoms with Gasteiger partial charge < -0.3 is 19.9 Å². The molecule has 2 aromatic rings. The largest absolute Gasteiger partial charge is 0.419 e. The number of amides is 1. The molecule has 2 aliphatic heterocycles. The highest BCUT2D eigenvalue weighted by molar-refractivity contribution is 5.84. The van der Waals surface area contributed by atoms with Crippen LogP contribution in [0.25, 0.3) is 0 Å². The van der Waals surface area contributed by atoms with E-state index in [2.05, 4.69) is 25.5 Å². The summed E-state index contributed by atoms with van der Waals surface area (Å²) >= 11 is 0.